The molecule has 2 heterocycles. The summed E-state index contributed by atoms with van der Waals surface area (Å²) in [5.41, 5.74) is 3.57. The number of nitrogens with zero attached hydrogens (tertiary/aromatic N) is 1. The van der Waals surface area contributed by atoms with Crippen molar-refractivity contribution in [3.05, 3.63) is 41.6 Å². The maximum Gasteiger partial charge on any atom is 0.371 e. The van der Waals surface area contributed by atoms with Crippen molar-refractivity contribution < 1.29 is 14.3 Å². The van der Waals surface area contributed by atoms with E-state index in [4.69, 9.17) is 9.52 Å². The van der Waals surface area contributed by atoms with Crippen molar-refractivity contribution in [1.82, 2.24) is 4.98 Å². The summed E-state index contributed by atoms with van der Waals surface area (Å²) in [4.78, 5) is 14.9. The van der Waals surface area contributed by atoms with Crippen LogP contribution in [0.15, 0.2) is 40.3 Å². The van der Waals surface area contributed by atoms with Gasteiger partial charge in [-0.2, -0.15) is 0 Å². The summed E-state index contributed by atoms with van der Waals surface area (Å²) in [6.45, 7) is 0. The summed E-state index contributed by atoms with van der Waals surface area (Å²) in [6.07, 6.45) is 0. The number of carboxylic acids is 1. The van der Waals surface area contributed by atoms with E-state index in [0.29, 0.717) is 5.76 Å². The van der Waals surface area contributed by atoms with Gasteiger partial charge in [-0.25, -0.2) is 9.78 Å². The number of benzene rings is 1. The highest BCUT2D eigenvalue weighted by Gasteiger charge is 2.10. The van der Waals surface area contributed by atoms with Crippen molar-refractivity contribution in [3.8, 4) is 11.3 Å². The summed E-state index contributed by atoms with van der Waals surface area (Å²) in [7, 11) is 0. The predicted molar refractivity (Wildman–Crippen MR) is 64.3 cm³/mol. The van der Waals surface area contributed by atoms with E-state index in [-0.39, 0.29) is 5.76 Å². The number of carboxylic acid groups (broad SMARTS) is 1. The Labute approximate surface area is 100 Å². The van der Waals surface area contributed by atoms with Crippen LogP contribution in [0, 0.1) is 0 Å². The van der Waals surface area contributed by atoms with Crippen molar-refractivity contribution in [2.24, 2.45) is 0 Å². The van der Waals surface area contributed by atoms with Gasteiger partial charge >= 0.3 is 5.97 Å². The molecule has 0 saturated carbocycles. The van der Waals surface area contributed by atoms with Gasteiger partial charge in [0.2, 0.25) is 5.76 Å². The van der Waals surface area contributed by atoms with Gasteiger partial charge in [0.25, 0.3) is 0 Å². The molecular formula is C12H7NO3S. The van der Waals surface area contributed by atoms with Gasteiger partial charge in [0.05, 0.1) is 15.7 Å². The number of furan rings is 1. The third-order valence-corrected chi connectivity index (χ3v) is 3.22. The molecule has 84 valence electrons. The third-order valence-electron chi connectivity index (χ3n) is 2.43. The second-order valence-electron chi connectivity index (χ2n) is 3.50. The zero-order valence-electron chi connectivity index (χ0n) is 8.58. The molecule has 0 amide bonds. The highest BCUT2D eigenvalue weighted by molar-refractivity contribution is 7.16. The van der Waals surface area contributed by atoms with E-state index >= 15 is 0 Å². The molecule has 0 fully saturated rings. The van der Waals surface area contributed by atoms with Gasteiger partial charge in [-0.1, -0.05) is 0 Å². The molecule has 0 atom stereocenters. The van der Waals surface area contributed by atoms with Crippen LogP contribution in [0.5, 0.6) is 0 Å². The molecule has 3 aromatic rings. The molecule has 0 aliphatic rings. The number of aromatic nitrogens is 1. The van der Waals surface area contributed by atoms with Gasteiger partial charge in [0, 0.05) is 5.56 Å². The number of hydrogen-bond acceptors (Lipinski definition) is 4. The molecule has 2 aromatic heterocycles. The van der Waals surface area contributed by atoms with E-state index in [0.717, 1.165) is 15.8 Å². The van der Waals surface area contributed by atoms with E-state index in [2.05, 4.69) is 4.98 Å². The molecule has 0 unspecified atom stereocenters. The van der Waals surface area contributed by atoms with E-state index in [1.165, 1.54) is 6.07 Å². The fraction of sp³-hybridized carbons (Fsp3) is 0. The van der Waals surface area contributed by atoms with Gasteiger partial charge in [0.1, 0.15) is 5.76 Å². The normalized spacial score (nSPS) is 10.8. The average molecular weight is 245 g/mol. The standard InChI is InChI=1S/C12H7NO3S/c14-12(15)10-4-3-9(16-10)7-1-2-8-11(5-7)17-6-13-8/h1-6H,(H,14,15). The van der Waals surface area contributed by atoms with Crippen molar-refractivity contribution >= 4 is 27.5 Å². The Morgan fingerprint density at radius 3 is 2.94 bits per heavy atom. The summed E-state index contributed by atoms with van der Waals surface area (Å²) in [5, 5.41) is 8.78. The topological polar surface area (TPSA) is 63.3 Å². The van der Waals surface area contributed by atoms with Crippen LogP contribution >= 0.6 is 11.3 Å². The largest absolute Gasteiger partial charge is 0.475 e. The first-order chi connectivity index (χ1) is 8.24. The lowest BCUT2D eigenvalue weighted by Crippen LogP contribution is -1.91. The zero-order valence-corrected chi connectivity index (χ0v) is 9.40. The van der Waals surface area contributed by atoms with Crippen LogP contribution in [0.1, 0.15) is 10.6 Å². The second-order valence-corrected chi connectivity index (χ2v) is 4.39. The maximum atomic E-state index is 10.7. The van der Waals surface area contributed by atoms with Crippen molar-refractivity contribution in [3.63, 3.8) is 0 Å². The Hall–Kier alpha value is -2.14. The number of carbonyl (C=O) groups is 1. The van der Waals surface area contributed by atoms with Gasteiger partial charge in [0.15, 0.2) is 0 Å². The van der Waals surface area contributed by atoms with Crippen LogP contribution in [-0.4, -0.2) is 16.1 Å². The Morgan fingerprint density at radius 1 is 1.29 bits per heavy atom. The lowest BCUT2D eigenvalue weighted by molar-refractivity contribution is 0.0663. The molecular weight excluding hydrogens is 238 g/mol. The van der Waals surface area contributed by atoms with E-state index < -0.39 is 5.97 Å². The highest BCUT2D eigenvalue weighted by Crippen LogP contribution is 2.27. The fourth-order valence-electron chi connectivity index (χ4n) is 1.62. The van der Waals surface area contributed by atoms with Gasteiger partial charge in [-0.05, 0) is 30.3 Å². The second kappa shape index (κ2) is 3.71. The highest BCUT2D eigenvalue weighted by atomic mass is 32.1. The predicted octanol–water partition coefficient (Wildman–Crippen LogP) is 3.25. The zero-order chi connectivity index (χ0) is 11.8. The van der Waals surface area contributed by atoms with Crippen molar-refractivity contribution in [1.29, 1.82) is 0 Å². The average Bonchev–Trinajstić information content (AvgIpc) is 2.97. The molecule has 0 bridgehead atoms. The lowest BCUT2D eigenvalue weighted by atomic mass is 10.2. The Balaban J connectivity index is 2.09. The Bertz CT molecular complexity index is 698. The molecule has 3 rings (SSSR count). The quantitative estimate of drug-likeness (QED) is 0.752. The van der Waals surface area contributed by atoms with E-state index in [1.807, 2.05) is 18.2 Å². The summed E-state index contributed by atoms with van der Waals surface area (Å²) in [5.74, 6) is -0.558. The summed E-state index contributed by atoms with van der Waals surface area (Å²) < 4.78 is 6.29. The van der Waals surface area contributed by atoms with E-state index in [1.54, 1.807) is 22.9 Å². The van der Waals surface area contributed by atoms with Crippen LogP contribution in [0.3, 0.4) is 0 Å². The molecule has 1 N–H and O–H groups in total. The number of hydrogen-bond donors (Lipinski definition) is 1. The molecule has 0 aliphatic heterocycles. The smallest absolute Gasteiger partial charge is 0.371 e. The monoisotopic (exact) mass is 245 g/mol. The number of rotatable bonds is 2. The molecule has 0 radical (unpaired) electrons. The van der Waals surface area contributed by atoms with Gasteiger partial charge in [-0.15, -0.1) is 11.3 Å². The van der Waals surface area contributed by atoms with Crippen LogP contribution in [0.2, 0.25) is 0 Å². The molecule has 5 heteroatoms. The molecule has 0 saturated heterocycles. The minimum Gasteiger partial charge on any atom is -0.475 e. The first-order valence-electron chi connectivity index (χ1n) is 4.91. The maximum absolute atomic E-state index is 10.7. The van der Waals surface area contributed by atoms with Crippen molar-refractivity contribution in [2.45, 2.75) is 0 Å². The SMILES string of the molecule is O=C(O)c1ccc(-c2ccc3ncsc3c2)o1. The molecule has 4 nitrogen and oxygen atoms in total. The number of aromatic carboxylic acids is 1. The molecule has 17 heavy (non-hydrogen) atoms. The van der Waals surface area contributed by atoms with E-state index in [9.17, 15) is 4.79 Å². The fourth-order valence-corrected chi connectivity index (χ4v) is 2.33. The molecule has 0 spiro atoms. The van der Waals surface area contributed by atoms with Gasteiger partial charge in [-0.3, -0.25) is 0 Å². The van der Waals surface area contributed by atoms with Crippen molar-refractivity contribution in [2.75, 3.05) is 0 Å². The first kappa shape index (κ1) is 10.0. The van der Waals surface area contributed by atoms with Gasteiger partial charge < -0.3 is 9.52 Å². The van der Waals surface area contributed by atoms with Crippen LogP contribution in [0.4, 0.5) is 0 Å². The number of fused-ring (bicyclic) bond motifs is 1. The Kier molecular flexibility index (Phi) is 2.19. The number of thiazole rings is 1. The summed E-state index contributed by atoms with van der Waals surface area (Å²) in [6, 6.07) is 8.81. The lowest BCUT2D eigenvalue weighted by Gasteiger charge is -1.96. The Morgan fingerprint density at radius 2 is 2.18 bits per heavy atom. The minimum atomic E-state index is -1.06. The third kappa shape index (κ3) is 1.70. The minimum absolute atomic E-state index is 0.0515. The molecule has 0 aliphatic carbocycles. The summed E-state index contributed by atoms with van der Waals surface area (Å²) >= 11 is 1.54. The molecule has 1 aromatic carbocycles. The van der Waals surface area contributed by atoms with Crippen LogP contribution in [-0.2, 0) is 0 Å². The van der Waals surface area contributed by atoms with Crippen LogP contribution in [0.25, 0.3) is 21.5 Å². The van der Waals surface area contributed by atoms with Crippen LogP contribution < -0.4 is 0 Å². The first-order valence-corrected chi connectivity index (χ1v) is 5.79.